The van der Waals surface area contributed by atoms with E-state index in [-0.39, 0.29) is 12.1 Å². The molecule has 0 saturated carbocycles. The summed E-state index contributed by atoms with van der Waals surface area (Å²) in [5.41, 5.74) is 2.94. The molecule has 176 valence electrons. The van der Waals surface area contributed by atoms with Gasteiger partial charge in [0.15, 0.2) is 5.11 Å². The molecular formula is C29H23N5OS. The monoisotopic (exact) mass is 489 g/mol. The highest BCUT2D eigenvalue weighted by Crippen LogP contribution is 2.42. The Labute approximate surface area is 214 Å². The third kappa shape index (κ3) is 4.21. The number of nitrogens with zero attached hydrogens (tertiary/aromatic N) is 4. The van der Waals surface area contributed by atoms with E-state index in [2.05, 4.69) is 30.8 Å². The SMILES string of the molecule is S=C1NC(c2ccccn2)C(c2cccn2-c2ccccn2)N1c1ccc(Oc2ccccc2)cc1. The van der Waals surface area contributed by atoms with Gasteiger partial charge in [0, 0.05) is 30.0 Å². The zero-order chi connectivity index (χ0) is 24.3. The second-order valence-corrected chi connectivity index (χ2v) is 8.78. The first-order chi connectivity index (χ1) is 17.8. The molecule has 7 heteroatoms. The van der Waals surface area contributed by atoms with Gasteiger partial charge in [0.2, 0.25) is 0 Å². The van der Waals surface area contributed by atoms with Crippen molar-refractivity contribution in [3.05, 3.63) is 133 Å². The zero-order valence-electron chi connectivity index (χ0n) is 19.3. The molecule has 0 amide bonds. The van der Waals surface area contributed by atoms with Crippen LogP contribution in [0.15, 0.2) is 122 Å². The molecule has 0 radical (unpaired) electrons. The number of benzene rings is 2. The Bertz CT molecular complexity index is 1460. The van der Waals surface area contributed by atoms with Crippen molar-refractivity contribution in [3.63, 3.8) is 0 Å². The van der Waals surface area contributed by atoms with Crippen LogP contribution in [0.3, 0.4) is 0 Å². The van der Waals surface area contributed by atoms with Crippen LogP contribution in [0.25, 0.3) is 5.82 Å². The minimum absolute atomic E-state index is 0.142. The summed E-state index contributed by atoms with van der Waals surface area (Å²) in [7, 11) is 0. The van der Waals surface area contributed by atoms with Gasteiger partial charge in [0.1, 0.15) is 23.4 Å². The van der Waals surface area contributed by atoms with Crippen molar-refractivity contribution < 1.29 is 4.74 Å². The van der Waals surface area contributed by atoms with Crippen molar-refractivity contribution in [3.8, 4) is 17.3 Å². The van der Waals surface area contributed by atoms with Crippen LogP contribution in [0.5, 0.6) is 11.5 Å². The van der Waals surface area contributed by atoms with Crippen molar-refractivity contribution in [2.75, 3.05) is 4.90 Å². The maximum atomic E-state index is 6.00. The van der Waals surface area contributed by atoms with Crippen LogP contribution in [-0.2, 0) is 0 Å². The van der Waals surface area contributed by atoms with Crippen molar-refractivity contribution in [2.24, 2.45) is 0 Å². The third-order valence-corrected chi connectivity index (χ3v) is 6.49. The molecule has 1 saturated heterocycles. The van der Waals surface area contributed by atoms with Gasteiger partial charge >= 0.3 is 0 Å². The lowest BCUT2D eigenvalue weighted by molar-refractivity contribution is 0.482. The highest BCUT2D eigenvalue weighted by Gasteiger charge is 2.42. The molecule has 6 nitrogen and oxygen atoms in total. The fraction of sp³-hybridized carbons (Fsp3) is 0.0690. The quantitative estimate of drug-likeness (QED) is 0.285. The number of aromatic nitrogens is 3. The van der Waals surface area contributed by atoms with Crippen molar-refractivity contribution in [1.29, 1.82) is 0 Å². The summed E-state index contributed by atoms with van der Waals surface area (Å²) in [5, 5.41) is 4.16. The normalized spacial score (nSPS) is 17.1. The summed E-state index contributed by atoms with van der Waals surface area (Å²) in [6.07, 6.45) is 5.65. The molecular weight excluding hydrogens is 466 g/mol. The second kappa shape index (κ2) is 9.64. The fourth-order valence-corrected chi connectivity index (χ4v) is 4.92. The first kappa shape index (κ1) is 22.0. The Morgan fingerprint density at radius 3 is 2.17 bits per heavy atom. The molecule has 1 aliphatic rings. The lowest BCUT2D eigenvalue weighted by Gasteiger charge is -2.29. The molecule has 1 aliphatic heterocycles. The van der Waals surface area contributed by atoms with Crippen LogP contribution in [0.2, 0.25) is 0 Å². The minimum Gasteiger partial charge on any atom is -0.457 e. The van der Waals surface area contributed by atoms with Gasteiger partial charge in [-0.2, -0.15) is 0 Å². The van der Waals surface area contributed by atoms with E-state index in [1.165, 1.54) is 0 Å². The van der Waals surface area contributed by atoms with E-state index >= 15 is 0 Å². The van der Waals surface area contributed by atoms with Gasteiger partial charge in [-0.05, 0) is 85.0 Å². The maximum absolute atomic E-state index is 6.00. The lowest BCUT2D eigenvalue weighted by Crippen LogP contribution is -2.30. The van der Waals surface area contributed by atoms with Gasteiger partial charge in [-0.25, -0.2) is 4.98 Å². The molecule has 3 aromatic heterocycles. The van der Waals surface area contributed by atoms with E-state index in [0.717, 1.165) is 34.4 Å². The molecule has 2 atom stereocenters. The molecule has 0 bridgehead atoms. The Morgan fingerprint density at radius 2 is 1.44 bits per heavy atom. The van der Waals surface area contributed by atoms with Crippen LogP contribution in [0, 0.1) is 0 Å². The number of rotatable bonds is 6. The topological polar surface area (TPSA) is 55.2 Å². The number of hydrogen-bond acceptors (Lipinski definition) is 4. The lowest BCUT2D eigenvalue weighted by atomic mass is 10.0. The Balaban J connectivity index is 1.40. The summed E-state index contributed by atoms with van der Waals surface area (Å²) in [5.74, 6) is 2.41. The fourth-order valence-electron chi connectivity index (χ4n) is 4.57. The molecule has 36 heavy (non-hydrogen) atoms. The summed E-state index contributed by atoms with van der Waals surface area (Å²) in [6.45, 7) is 0. The number of thiocarbonyl (C=S) groups is 1. The number of hydrogen-bond donors (Lipinski definition) is 1. The van der Waals surface area contributed by atoms with Crippen LogP contribution in [0.1, 0.15) is 23.5 Å². The average Bonchev–Trinajstić information content (AvgIpc) is 3.55. The molecule has 0 aliphatic carbocycles. The highest BCUT2D eigenvalue weighted by atomic mass is 32.1. The zero-order valence-corrected chi connectivity index (χ0v) is 20.1. The Morgan fingerprint density at radius 1 is 0.722 bits per heavy atom. The van der Waals surface area contributed by atoms with E-state index in [4.69, 9.17) is 17.0 Å². The molecule has 4 heterocycles. The van der Waals surface area contributed by atoms with E-state index < -0.39 is 0 Å². The highest BCUT2D eigenvalue weighted by molar-refractivity contribution is 7.80. The van der Waals surface area contributed by atoms with Crippen molar-refractivity contribution in [2.45, 2.75) is 12.1 Å². The van der Waals surface area contributed by atoms with Crippen molar-refractivity contribution >= 4 is 23.0 Å². The summed E-state index contributed by atoms with van der Waals surface area (Å²) < 4.78 is 8.11. The van der Waals surface area contributed by atoms with Gasteiger partial charge in [0.25, 0.3) is 0 Å². The molecule has 0 spiro atoms. The number of nitrogens with one attached hydrogen (secondary N) is 1. The third-order valence-electron chi connectivity index (χ3n) is 6.17. The molecule has 1 N–H and O–H groups in total. The second-order valence-electron chi connectivity index (χ2n) is 8.40. The summed E-state index contributed by atoms with van der Waals surface area (Å²) in [4.78, 5) is 11.4. The number of pyridine rings is 2. The van der Waals surface area contributed by atoms with Crippen LogP contribution >= 0.6 is 12.2 Å². The van der Waals surface area contributed by atoms with E-state index in [0.29, 0.717) is 5.11 Å². The standard InChI is InChI=1S/C29H23N5OS/c36-29-32-27(24-11-4-6-18-30-24)28(25-12-8-20-33(25)26-13-5-7-19-31-26)34(29)21-14-16-23(17-15-21)35-22-9-2-1-3-10-22/h1-20,27-28H,(H,32,36). The molecule has 6 rings (SSSR count). The largest absolute Gasteiger partial charge is 0.457 e. The number of para-hydroxylation sites is 1. The number of ether oxygens (including phenoxy) is 1. The van der Waals surface area contributed by atoms with Crippen molar-refractivity contribution in [1.82, 2.24) is 19.9 Å². The van der Waals surface area contributed by atoms with Crippen LogP contribution in [-0.4, -0.2) is 19.6 Å². The van der Waals surface area contributed by atoms with E-state index in [9.17, 15) is 0 Å². The average molecular weight is 490 g/mol. The van der Waals surface area contributed by atoms with Crippen LogP contribution in [0.4, 0.5) is 5.69 Å². The first-order valence-electron chi connectivity index (χ1n) is 11.7. The van der Waals surface area contributed by atoms with Gasteiger partial charge < -0.3 is 19.5 Å². The van der Waals surface area contributed by atoms with Gasteiger partial charge in [-0.3, -0.25) is 4.98 Å². The molecule has 2 aromatic carbocycles. The van der Waals surface area contributed by atoms with E-state index in [1.54, 1.807) is 6.20 Å². The smallest absolute Gasteiger partial charge is 0.174 e. The number of anilines is 1. The molecule has 1 fully saturated rings. The molecule has 5 aromatic rings. The Hall–Kier alpha value is -4.49. The van der Waals surface area contributed by atoms with Crippen LogP contribution < -0.4 is 15.0 Å². The van der Waals surface area contributed by atoms with E-state index in [1.807, 2.05) is 109 Å². The Kier molecular flexibility index (Phi) is 5.89. The minimum atomic E-state index is -0.148. The van der Waals surface area contributed by atoms with Gasteiger partial charge in [0.05, 0.1) is 11.7 Å². The van der Waals surface area contributed by atoms with Gasteiger partial charge in [-0.15, -0.1) is 0 Å². The summed E-state index contributed by atoms with van der Waals surface area (Å²) >= 11 is 5.88. The first-order valence-corrected chi connectivity index (χ1v) is 12.1. The predicted octanol–water partition coefficient (Wildman–Crippen LogP) is 6.24. The maximum Gasteiger partial charge on any atom is 0.174 e. The summed E-state index contributed by atoms with van der Waals surface area (Å²) in [6, 6.07) is 33.5. The molecule has 2 unspecified atom stereocenters. The predicted molar refractivity (Wildman–Crippen MR) is 144 cm³/mol. The van der Waals surface area contributed by atoms with Gasteiger partial charge in [-0.1, -0.05) is 30.3 Å².